The topological polar surface area (TPSA) is 55.2 Å². The SMILES string of the molecule is Cc1cccc2c1N(C(=O)c1nn(-c3cccc(C(F)(F)F)c3)c(C)cc1=O)CC2. The zero-order valence-corrected chi connectivity index (χ0v) is 16.3. The lowest BCUT2D eigenvalue weighted by atomic mass is 10.1. The van der Waals surface area contributed by atoms with Crippen molar-refractivity contribution in [2.45, 2.75) is 26.4 Å². The Bertz CT molecular complexity index is 1210. The highest BCUT2D eigenvalue weighted by Crippen LogP contribution is 2.32. The number of alkyl halides is 3. The molecule has 3 aromatic rings. The van der Waals surface area contributed by atoms with Crippen LogP contribution < -0.4 is 10.3 Å². The zero-order valence-electron chi connectivity index (χ0n) is 16.3. The largest absolute Gasteiger partial charge is 0.416 e. The van der Waals surface area contributed by atoms with E-state index in [2.05, 4.69) is 5.10 Å². The van der Waals surface area contributed by atoms with Gasteiger partial charge in [-0.15, -0.1) is 0 Å². The molecular formula is C22H18F3N3O2. The highest BCUT2D eigenvalue weighted by molar-refractivity contribution is 6.06. The van der Waals surface area contributed by atoms with E-state index < -0.39 is 23.1 Å². The maximum atomic E-state index is 13.2. The second-order valence-corrected chi connectivity index (χ2v) is 7.25. The van der Waals surface area contributed by atoms with Crippen molar-refractivity contribution in [2.75, 3.05) is 11.4 Å². The molecule has 8 heteroatoms. The minimum Gasteiger partial charge on any atom is -0.306 e. The molecule has 1 amide bonds. The summed E-state index contributed by atoms with van der Waals surface area (Å²) >= 11 is 0. The van der Waals surface area contributed by atoms with Gasteiger partial charge in [0.15, 0.2) is 5.69 Å². The number of amides is 1. The van der Waals surface area contributed by atoms with Crippen LogP contribution in [0.2, 0.25) is 0 Å². The van der Waals surface area contributed by atoms with E-state index >= 15 is 0 Å². The van der Waals surface area contributed by atoms with E-state index in [9.17, 15) is 22.8 Å². The summed E-state index contributed by atoms with van der Waals surface area (Å²) in [6.45, 7) is 3.85. The molecule has 0 N–H and O–H groups in total. The number of aromatic nitrogens is 2. The second-order valence-electron chi connectivity index (χ2n) is 7.25. The smallest absolute Gasteiger partial charge is 0.306 e. The summed E-state index contributed by atoms with van der Waals surface area (Å²) in [4.78, 5) is 27.2. The molecule has 0 unspecified atom stereocenters. The number of benzene rings is 2. The molecule has 5 nitrogen and oxygen atoms in total. The zero-order chi connectivity index (χ0) is 21.6. The third-order valence-corrected chi connectivity index (χ3v) is 5.17. The van der Waals surface area contributed by atoms with Crippen LogP contribution in [0.3, 0.4) is 0 Å². The monoisotopic (exact) mass is 413 g/mol. The van der Waals surface area contributed by atoms with Gasteiger partial charge in [0.2, 0.25) is 5.43 Å². The first-order valence-electron chi connectivity index (χ1n) is 9.36. The van der Waals surface area contributed by atoms with Gasteiger partial charge in [-0.1, -0.05) is 24.3 Å². The Morgan fingerprint density at radius 1 is 1.07 bits per heavy atom. The minimum absolute atomic E-state index is 0.120. The Kier molecular flexibility index (Phi) is 4.72. The van der Waals surface area contributed by atoms with E-state index in [1.54, 1.807) is 6.92 Å². The van der Waals surface area contributed by atoms with Crippen molar-refractivity contribution in [3.63, 3.8) is 0 Å². The summed E-state index contributed by atoms with van der Waals surface area (Å²) in [5.74, 6) is -0.561. The first kappa shape index (κ1) is 19.9. The fraction of sp³-hybridized carbons (Fsp3) is 0.227. The Morgan fingerprint density at radius 2 is 1.80 bits per heavy atom. The van der Waals surface area contributed by atoms with Crippen LogP contribution in [-0.2, 0) is 12.6 Å². The number of anilines is 1. The predicted molar refractivity (Wildman–Crippen MR) is 106 cm³/mol. The highest BCUT2D eigenvalue weighted by Gasteiger charge is 2.32. The summed E-state index contributed by atoms with van der Waals surface area (Å²) in [6, 6.07) is 11.5. The fourth-order valence-electron chi connectivity index (χ4n) is 3.75. The third kappa shape index (κ3) is 3.38. The minimum atomic E-state index is -4.52. The molecular weight excluding hydrogens is 395 g/mol. The molecule has 0 atom stereocenters. The van der Waals surface area contributed by atoms with Crippen molar-refractivity contribution in [2.24, 2.45) is 0 Å². The molecule has 154 valence electrons. The lowest BCUT2D eigenvalue weighted by Gasteiger charge is -2.19. The van der Waals surface area contributed by atoms with Crippen molar-refractivity contribution < 1.29 is 18.0 Å². The number of hydrogen-bond donors (Lipinski definition) is 0. The van der Waals surface area contributed by atoms with Crippen LogP contribution in [0, 0.1) is 13.8 Å². The van der Waals surface area contributed by atoms with Crippen LogP contribution in [0.5, 0.6) is 0 Å². The third-order valence-electron chi connectivity index (χ3n) is 5.17. The number of carbonyl (C=O) groups excluding carboxylic acids is 1. The average molecular weight is 413 g/mol. The van der Waals surface area contributed by atoms with Crippen molar-refractivity contribution in [3.8, 4) is 5.69 Å². The van der Waals surface area contributed by atoms with Crippen molar-refractivity contribution in [1.82, 2.24) is 9.78 Å². The van der Waals surface area contributed by atoms with E-state index in [-0.39, 0.29) is 11.4 Å². The molecule has 0 radical (unpaired) electrons. The van der Waals surface area contributed by atoms with E-state index in [0.717, 1.165) is 28.9 Å². The quantitative estimate of drug-likeness (QED) is 0.637. The molecule has 2 heterocycles. The van der Waals surface area contributed by atoms with E-state index in [4.69, 9.17) is 0 Å². The number of para-hydroxylation sites is 1. The number of hydrogen-bond acceptors (Lipinski definition) is 3. The Morgan fingerprint density at radius 3 is 2.53 bits per heavy atom. The number of aryl methyl sites for hydroxylation is 2. The van der Waals surface area contributed by atoms with Gasteiger partial charge in [0.1, 0.15) is 0 Å². The number of fused-ring (bicyclic) bond motifs is 1. The maximum absolute atomic E-state index is 13.2. The average Bonchev–Trinajstić information content (AvgIpc) is 3.13. The first-order valence-corrected chi connectivity index (χ1v) is 9.36. The van der Waals surface area contributed by atoms with E-state index in [1.807, 2.05) is 25.1 Å². The second kappa shape index (κ2) is 7.12. The van der Waals surface area contributed by atoms with Gasteiger partial charge in [0, 0.05) is 18.3 Å². The Labute approximate surface area is 170 Å². The summed E-state index contributed by atoms with van der Waals surface area (Å²) < 4.78 is 40.5. The molecule has 1 aliphatic rings. The maximum Gasteiger partial charge on any atom is 0.416 e. The highest BCUT2D eigenvalue weighted by atomic mass is 19.4. The molecule has 0 saturated carbocycles. The predicted octanol–water partition coefficient (Wildman–Crippen LogP) is 4.07. The molecule has 2 aromatic carbocycles. The summed E-state index contributed by atoms with van der Waals surface area (Å²) in [5.41, 5.74) is 1.39. The van der Waals surface area contributed by atoms with Crippen molar-refractivity contribution in [3.05, 3.63) is 86.8 Å². The lowest BCUT2D eigenvalue weighted by Crippen LogP contribution is -2.35. The van der Waals surface area contributed by atoms with Crippen LogP contribution in [0.25, 0.3) is 5.69 Å². The summed E-state index contributed by atoms with van der Waals surface area (Å²) in [5, 5.41) is 4.16. The van der Waals surface area contributed by atoms with Gasteiger partial charge in [-0.3, -0.25) is 9.59 Å². The number of rotatable bonds is 2. The van der Waals surface area contributed by atoms with Crippen LogP contribution in [-0.4, -0.2) is 22.2 Å². The Balaban J connectivity index is 1.79. The molecule has 0 bridgehead atoms. The molecule has 4 rings (SSSR count). The molecule has 0 saturated heterocycles. The van der Waals surface area contributed by atoms with Gasteiger partial charge in [-0.25, -0.2) is 4.68 Å². The van der Waals surface area contributed by atoms with Crippen LogP contribution >= 0.6 is 0 Å². The molecule has 0 fully saturated rings. The lowest BCUT2D eigenvalue weighted by molar-refractivity contribution is -0.137. The van der Waals surface area contributed by atoms with Gasteiger partial charge in [0.25, 0.3) is 5.91 Å². The molecule has 0 spiro atoms. The summed E-state index contributed by atoms with van der Waals surface area (Å²) in [7, 11) is 0. The normalized spacial score (nSPS) is 13.4. The van der Waals surface area contributed by atoms with E-state index in [1.165, 1.54) is 27.8 Å². The summed E-state index contributed by atoms with van der Waals surface area (Å²) in [6.07, 6.45) is -3.85. The number of halogens is 3. The van der Waals surface area contributed by atoms with Gasteiger partial charge >= 0.3 is 6.18 Å². The molecule has 1 aliphatic heterocycles. The van der Waals surface area contributed by atoms with Gasteiger partial charge in [-0.05, 0) is 49.6 Å². The standard InChI is InChI=1S/C22H18F3N3O2/c1-13-5-3-6-15-9-10-27(20(13)15)21(30)19-18(29)11-14(2)28(26-19)17-8-4-7-16(12-17)22(23,24)25/h3-8,11-12H,9-10H2,1-2H3. The van der Waals surface area contributed by atoms with Gasteiger partial charge in [-0.2, -0.15) is 18.3 Å². The fourth-order valence-corrected chi connectivity index (χ4v) is 3.75. The van der Waals surface area contributed by atoms with Crippen LogP contribution in [0.4, 0.5) is 18.9 Å². The van der Waals surface area contributed by atoms with Gasteiger partial charge in [0.05, 0.1) is 16.9 Å². The van der Waals surface area contributed by atoms with Gasteiger partial charge < -0.3 is 4.90 Å². The van der Waals surface area contributed by atoms with Crippen molar-refractivity contribution in [1.29, 1.82) is 0 Å². The molecule has 0 aliphatic carbocycles. The first-order chi connectivity index (χ1) is 14.2. The molecule has 30 heavy (non-hydrogen) atoms. The Hall–Kier alpha value is -3.42. The number of nitrogens with zero attached hydrogens (tertiary/aromatic N) is 3. The van der Waals surface area contributed by atoms with Crippen molar-refractivity contribution >= 4 is 11.6 Å². The number of carbonyl (C=O) groups is 1. The van der Waals surface area contributed by atoms with E-state index in [0.29, 0.717) is 18.7 Å². The molecule has 1 aromatic heterocycles. The van der Waals surface area contributed by atoms with Crippen LogP contribution in [0.15, 0.2) is 53.3 Å². The van der Waals surface area contributed by atoms with Crippen LogP contribution in [0.1, 0.15) is 32.9 Å².